The predicted octanol–water partition coefficient (Wildman–Crippen LogP) is 3.51. The molecule has 0 saturated heterocycles. The van der Waals surface area contributed by atoms with E-state index in [0.29, 0.717) is 23.1 Å². The summed E-state index contributed by atoms with van der Waals surface area (Å²) in [7, 11) is 1.63. The van der Waals surface area contributed by atoms with Gasteiger partial charge < -0.3 is 15.2 Å². The van der Waals surface area contributed by atoms with Crippen LogP contribution in [0.5, 0.6) is 11.5 Å². The summed E-state index contributed by atoms with van der Waals surface area (Å²) in [5.41, 5.74) is 7.32. The third-order valence-corrected chi connectivity index (χ3v) is 2.80. The Morgan fingerprint density at radius 1 is 1.17 bits per heavy atom. The maximum absolute atomic E-state index is 6.02. The molecular formula is C14H14ClNO2. The molecule has 0 aliphatic carbocycles. The molecule has 0 atom stereocenters. The first-order chi connectivity index (χ1) is 8.69. The van der Waals surface area contributed by atoms with Gasteiger partial charge in [-0.3, -0.25) is 0 Å². The number of halogens is 1. The van der Waals surface area contributed by atoms with Crippen molar-refractivity contribution in [3.63, 3.8) is 0 Å². The smallest absolute Gasteiger partial charge is 0.140 e. The second-order valence-corrected chi connectivity index (χ2v) is 4.24. The Hall–Kier alpha value is -1.87. The normalized spacial score (nSPS) is 10.1. The maximum Gasteiger partial charge on any atom is 0.140 e. The van der Waals surface area contributed by atoms with Crippen LogP contribution in [0, 0.1) is 0 Å². The molecule has 2 rings (SSSR count). The summed E-state index contributed by atoms with van der Waals surface area (Å²) < 4.78 is 10.8. The lowest BCUT2D eigenvalue weighted by atomic mass is 10.2. The highest BCUT2D eigenvalue weighted by Gasteiger charge is 2.03. The van der Waals surface area contributed by atoms with Crippen LogP contribution in [0.4, 0.5) is 5.69 Å². The van der Waals surface area contributed by atoms with Gasteiger partial charge in [0.2, 0.25) is 0 Å². The molecule has 0 aliphatic heterocycles. The van der Waals surface area contributed by atoms with Crippen LogP contribution in [-0.4, -0.2) is 7.11 Å². The Bertz CT molecular complexity index is 543. The number of nitrogens with two attached hydrogens (primary N) is 1. The zero-order chi connectivity index (χ0) is 13.0. The molecule has 0 saturated carbocycles. The second-order valence-electron chi connectivity index (χ2n) is 3.83. The van der Waals surface area contributed by atoms with Crippen molar-refractivity contribution in [2.45, 2.75) is 6.61 Å². The van der Waals surface area contributed by atoms with Gasteiger partial charge in [-0.2, -0.15) is 0 Å². The minimum atomic E-state index is 0.417. The minimum absolute atomic E-state index is 0.417. The molecule has 2 aromatic rings. The first kappa shape index (κ1) is 12.6. The molecule has 0 heterocycles. The van der Waals surface area contributed by atoms with Gasteiger partial charge in [0.15, 0.2) is 0 Å². The van der Waals surface area contributed by atoms with Crippen LogP contribution in [-0.2, 0) is 6.61 Å². The third kappa shape index (κ3) is 3.08. The molecule has 3 nitrogen and oxygen atoms in total. The Labute approximate surface area is 111 Å². The third-order valence-electron chi connectivity index (χ3n) is 2.48. The van der Waals surface area contributed by atoms with Crippen LogP contribution >= 0.6 is 11.6 Å². The lowest BCUT2D eigenvalue weighted by molar-refractivity contribution is 0.305. The molecule has 0 aliphatic rings. The van der Waals surface area contributed by atoms with E-state index in [-0.39, 0.29) is 0 Å². The van der Waals surface area contributed by atoms with E-state index < -0.39 is 0 Å². The quantitative estimate of drug-likeness (QED) is 0.859. The molecule has 2 N–H and O–H groups in total. The largest absolute Gasteiger partial charge is 0.497 e. The van der Waals surface area contributed by atoms with Gasteiger partial charge >= 0.3 is 0 Å². The van der Waals surface area contributed by atoms with Crippen molar-refractivity contribution in [1.82, 2.24) is 0 Å². The summed E-state index contributed by atoms with van der Waals surface area (Å²) in [6.07, 6.45) is 0. The van der Waals surface area contributed by atoms with Gasteiger partial charge in [0, 0.05) is 11.8 Å². The van der Waals surface area contributed by atoms with E-state index in [1.54, 1.807) is 25.3 Å². The molecule has 0 unspecified atom stereocenters. The fourth-order valence-electron chi connectivity index (χ4n) is 1.55. The lowest BCUT2D eigenvalue weighted by Gasteiger charge is -2.09. The van der Waals surface area contributed by atoms with Crippen molar-refractivity contribution < 1.29 is 9.47 Å². The first-order valence-corrected chi connectivity index (χ1v) is 5.87. The van der Waals surface area contributed by atoms with Crippen molar-refractivity contribution in [3.05, 3.63) is 53.1 Å². The highest BCUT2D eigenvalue weighted by molar-refractivity contribution is 6.32. The molecule has 0 fully saturated rings. The summed E-state index contributed by atoms with van der Waals surface area (Å²) in [5.74, 6) is 1.38. The zero-order valence-corrected chi connectivity index (χ0v) is 10.8. The van der Waals surface area contributed by atoms with Gasteiger partial charge in [-0.25, -0.2) is 0 Å². The van der Waals surface area contributed by atoms with Gasteiger partial charge in [-0.15, -0.1) is 0 Å². The van der Waals surface area contributed by atoms with E-state index in [0.717, 1.165) is 11.3 Å². The molecule has 0 spiro atoms. The fraction of sp³-hybridized carbons (Fsp3) is 0.143. The Morgan fingerprint density at radius 2 is 2.00 bits per heavy atom. The van der Waals surface area contributed by atoms with E-state index in [4.69, 9.17) is 26.8 Å². The van der Waals surface area contributed by atoms with Gasteiger partial charge in [0.05, 0.1) is 12.1 Å². The van der Waals surface area contributed by atoms with E-state index in [1.165, 1.54) is 0 Å². The lowest BCUT2D eigenvalue weighted by Crippen LogP contribution is -1.97. The van der Waals surface area contributed by atoms with Gasteiger partial charge in [-0.1, -0.05) is 23.7 Å². The van der Waals surface area contributed by atoms with Crippen LogP contribution in [0.3, 0.4) is 0 Å². The van der Waals surface area contributed by atoms with Gasteiger partial charge in [0.1, 0.15) is 18.1 Å². The number of methoxy groups -OCH3 is 1. The van der Waals surface area contributed by atoms with Crippen LogP contribution in [0.1, 0.15) is 5.56 Å². The topological polar surface area (TPSA) is 44.5 Å². The average Bonchev–Trinajstić information content (AvgIpc) is 2.40. The number of benzene rings is 2. The molecule has 0 bridgehead atoms. The van der Waals surface area contributed by atoms with Crippen molar-refractivity contribution in [2.75, 3.05) is 12.8 Å². The van der Waals surface area contributed by atoms with Gasteiger partial charge in [0.25, 0.3) is 0 Å². The summed E-state index contributed by atoms with van der Waals surface area (Å²) in [6.45, 7) is 0.417. The van der Waals surface area contributed by atoms with Crippen molar-refractivity contribution >= 4 is 17.3 Å². The summed E-state index contributed by atoms with van der Waals surface area (Å²) in [5, 5.41) is 0.548. The summed E-state index contributed by atoms with van der Waals surface area (Å²) in [4.78, 5) is 0. The SMILES string of the molecule is COc1cccc(COc2cc(N)ccc2Cl)c1. The molecule has 0 amide bonds. The standard InChI is InChI=1S/C14H14ClNO2/c1-17-12-4-2-3-10(7-12)9-18-14-8-11(16)5-6-13(14)15/h2-8H,9,16H2,1H3. The van der Waals surface area contributed by atoms with Crippen molar-refractivity contribution in [1.29, 1.82) is 0 Å². The first-order valence-electron chi connectivity index (χ1n) is 5.50. The monoisotopic (exact) mass is 263 g/mol. The molecular weight excluding hydrogens is 250 g/mol. The summed E-state index contributed by atoms with van der Waals surface area (Å²) >= 11 is 6.02. The number of ether oxygens (including phenoxy) is 2. The molecule has 18 heavy (non-hydrogen) atoms. The Balaban J connectivity index is 2.08. The second kappa shape index (κ2) is 5.65. The molecule has 0 aromatic heterocycles. The number of anilines is 1. The number of hydrogen-bond acceptors (Lipinski definition) is 3. The van der Waals surface area contributed by atoms with E-state index in [2.05, 4.69) is 0 Å². The molecule has 2 aromatic carbocycles. The zero-order valence-electron chi connectivity index (χ0n) is 10.0. The highest BCUT2D eigenvalue weighted by Crippen LogP contribution is 2.27. The van der Waals surface area contributed by atoms with Crippen LogP contribution in [0.2, 0.25) is 5.02 Å². The molecule has 4 heteroatoms. The summed E-state index contributed by atoms with van der Waals surface area (Å²) in [6, 6.07) is 12.8. The fourth-order valence-corrected chi connectivity index (χ4v) is 1.73. The predicted molar refractivity (Wildman–Crippen MR) is 73.2 cm³/mol. The van der Waals surface area contributed by atoms with Crippen LogP contribution in [0.25, 0.3) is 0 Å². The highest BCUT2D eigenvalue weighted by atomic mass is 35.5. The van der Waals surface area contributed by atoms with Gasteiger partial charge in [-0.05, 0) is 29.8 Å². The number of hydrogen-bond donors (Lipinski definition) is 1. The van der Waals surface area contributed by atoms with E-state index in [1.807, 2.05) is 24.3 Å². The molecule has 94 valence electrons. The Morgan fingerprint density at radius 3 is 2.78 bits per heavy atom. The van der Waals surface area contributed by atoms with E-state index >= 15 is 0 Å². The minimum Gasteiger partial charge on any atom is -0.497 e. The maximum atomic E-state index is 6.02. The van der Waals surface area contributed by atoms with Crippen LogP contribution < -0.4 is 15.2 Å². The Kier molecular flexibility index (Phi) is 3.95. The van der Waals surface area contributed by atoms with E-state index in [9.17, 15) is 0 Å². The number of nitrogen functional groups attached to an aromatic ring is 1. The van der Waals surface area contributed by atoms with Crippen LogP contribution in [0.15, 0.2) is 42.5 Å². The van der Waals surface area contributed by atoms with Crippen molar-refractivity contribution in [3.8, 4) is 11.5 Å². The average molecular weight is 264 g/mol. The number of rotatable bonds is 4. The van der Waals surface area contributed by atoms with Crippen molar-refractivity contribution in [2.24, 2.45) is 0 Å². The molecule has 0 radical (unpaired) electrons.